The topological polar surface area (TPSA) is 46.6 Å². The molecule has 0 radical (unpaired) electrons. The third kappa shape index (κ3) is 2.48. The van der Waals surface area contributed by atoms with Gasteiger partial charge in [-0.05, 0) is 6.42 Å². The molecule has 4 nitrogen and oxygen atoms in total. The first-order valence-electron chi connectivity index (χ1n) is 4.16. The van der Waals surface area contributed by atoms with Crippen molar-refractivity contribution >= 4 is 12.0 Å². The fourth-order valence-corrected chi connectivity index (χ4v) is 1.10. The van der Waals surface area contributed by atoms with Crippen molar-refractivity contribution in [2.24, 2.45) is 0 Å². The maximum atomic E-state index is 11.3. The standard InChI is InChI=1S/C9H11NO3/c1-2-3-4-5-8(11)10-6-7-13-9(10)12/h1H,3-7H2. The minimum Gasteiger partial charge on any atom is -0.447 e. The van der Waals surface area contributed by atoms with E-state index in [1.165, 1.54) is 0 Å². The van der Waals surface area contributed by atoms with E-state index < -0.39 is 6.09 Å². The Balaban J connectivity index is 2.31. The number of nitrogens with zero attached hydrogens (tertiary/aromatic N) is 1. The summed E-state index contributed by atoms with van der Waals surface area (Å²) in [5.74, 6) is 2.24. The first-order valence-corrected chi connectivity index (χ1v) is 4.16. The van der Waals surface area contributed by atoms with Gasteiger partial charge in [0.2, 0.25) is 5.91 Å². The summed E-state index contributed by atoms with van der Waals surface area (Å²) in [6.07, 6.45) is 6.00. The van der Waals surface area contributed by atoms with Crippen LogP contribution in [0.25, 0.3) is 0 Å². The molecule has 1 heterocycles. The molecule has 1 rings (SSSR count). The Hall–Kier alpha value is -1.50. The second-order valence-corrected chi connectivity index (χ2v) is 2.72. The van der Waals surface area contributed by atoms with Gasteiger partial charge < -0.3 is 4.74 Å². The predicted molar refractivity (Wildman–Crippen MR) is 45.7 cm³/mol. The van der Waals surface area contributed by atoms with Crippen LogP contribution in [0.2, 0.25) is 0 Å². The third-order valence-electron chi connectivity index (χ3n) is 1.77. The second-order valence-electron chi connectivity index (χ2n) is 2.72. The molecule has 0 saturated carbocycles. The average molecular weight is 181 g/mol. The lowest BCUT2D eigenvalue weighted by Crippen LogP contribution is -2.31. The van der Waals surface area contributed by atoms with E-state index in [1.807, 2.05) is 0 Å². The first-order chi connectivity index (χ1) is 6.25. The Morgan fingerprint density at radius 3 is 3.00 bits per heavy atom. The molecule has 4 heteroatoms. The number of cyclic esters (lactones) is 1. The molecule has 1 aliphatic heterocycles. The van der Waals surface area contributed by atoms with Gasteiger partial charge >= 0.3 is 6.09 Å². The van der Waals surface area contributed by atoms with E-state index in [9.17, 15) is 9.59 Å². The fraction of sp³-hybridized carbons (Fsp3) is 0.556. The molecule has 1 saturated heterocycles. The van der Waals surface area contributed by atoms with E-state index in [0.29, 0.717) is 32.4 Å². The minimum atomic E-state index is -0.536. The molecule has 13 heavy (non-hydrogen) atoms. The Morgan fingerprint density at radius 1 is 1.69 bits per heavy atom. The highest BCUT2D eigenvalue weighted by Gasteiger charge is 2.27. The molecule has 0 aromatic heterocycles. The summed E-state index contributed by atoms with van der Waals surface area (Å²) in [7, 11) is 0. The molecule has 1 aliphatic rings. The monoisotopic (exact) mass is 181 g/mol. The Kier molecular flexibility index (Phi) is 3.32. The lowest BCUT2D eigenvalue weighted by Gasteiger charge is -2.08. The Bertz CT molecular complexity index is 254. The zero-order valence-corrected chi connectivity index (χ0v) is 7.28. The van der Waals surface area contributed by atoms with Crippen LogP contribution in [0, 0.1) is 12.3 Å². The van der Waals surface area contributed by atoms with Crippen LogP contribution >= 0.6 is 0 Å². The third-order valence-corrected chi connectivity index (χ3v) is 1.77. The lowest BCUT2D eigenvalue weighted by atomic mass is 10.2. The van der Waals surface area contributed by atoms with E-state index in [-0.39, 0.29) is 5.91 Å². The van der Waals surface area contributed by atoms with Gasteiger partial charge in [0.25, 0.3) is 0 Å². The van der Waals surface area contributed by atoms with Crippen LogP contribution in [-0.4, -0.2) is 30.1 Å². The summed E-state index contributed by atoms with van der Waals surface area (Å²) in [5, 5.41) is 0. The molecule has 0 unspecified atom stereocenters. The van der Waals surface area contributed by atoms with Crippen molar-refractivity contribution in [3.8, 4) is 12.3 Å². The highest BCUT2D eigenvalue weighted by Crippen LogP contribution is 2.07. The summed E-state index contributed by atoms with van der Waals surface area (Å²) in [6.45, 7) is 0.674. The van der Waals surface area contributed by atoms with Gasteiger partial charge in [-0.3, -0.25) is 4.79 Å². The predicted octanol–water partition coefficient (Wildman–Crippen LogP) is 0.769. The molecule has 0 N–H and O–H groups in total. The summed E-state index contributed by atoms with van der Waals surface area (Å²) < 4.78 is 4.62. The molecule has 1 fully saturated rings. The van der Waals surface area contributed by atoms with E-state index in [2.05, 4.69) is 10.7 Å². The van der Waals surface area contributed by atoms with Gasteiger partial charge in [0.1, 0.15) is 6.61 Å². The van der Waals surface area contributed by atoms with Crippen LogP contribution in [0.1, 0.15) is 19.3 Å². The number of terminal acetylenes is 1. The summed E-state index contributed by atoms with van der Waals surface area (Å²) in [6, 6.07) is 0. The molecule has 0 atom stereocenters. The number of imide groups is 1. The zero-order chi connectivity index (χ0) is 9.68. The molecule has 2 amide bonds. The van der Waals surface area contributed by atoms with Crippen LogP contribution in [-0.2, 0) is 9.53 Å². The molecule has 0 spiro atoms. The quantitative estimate of drug-likeness (QED) is 0.477. The lowest BCUT2D eigenvalue weighted by molar-refractivity contribution is -0.127. The highest BCUT2D eigenvalue weighted by atomic mass is 16.6. The number of amides is 2. The summed E-state index contributed by atoms with van der Waals surface area (Å²) in [5.41, 5.74) is 0. The van der Waals surface area contributed by atoms with E-state index in [4.69, 9.17) is 6.42 Å². The fourth-order valence-electron chi connectivity index (χ4n) is 1.10. The van der Waals surface area contributed by atoms with Gasteiger partial charge in [-0.25, -0.2) is 9.69 Å². The molecule has 70 valence electrons. The molecular formula is C9H11NO3. The van der Waals surface area contributed by atoms with E-state index in [0.717, 1.165) is 4.90 Å². The second kappa shape index (κ2) is 4.51. The normalized spacial score (nSPS) is 15.3. The van der Waals surface area contributed by atoms with Gasteiger partial charge in [-0.2, -0.15) is 0 Å². The SMILES string of the molecule is C#CCCCC(=O)N1CCOC1=O. The molecule has 0 aromatic carbocycles. The molecular weight excluding hydrogens is 170 g/mol. The smallest absolute Gasteiger partial charge is 0.416 e. The van der Waals surface area contributed by atoms with Crippen molar-refractivity contribution in [1.82, 2.24) is 4.90 Å². The van der Waals surface area contributed by atoms with E-state index in [1.54, 1.807) is 0 Å². The van der Waals surface area contributed by atoms with Crippen molar-refractivity contribution < 1.29 is 14.3 Å². The summed E-state index contributed by atoms with van der Waals surface area (Å²) in [4.78, 5) is 23.3. The molecule has 0 bridgehead atoms. The van der Waals surface area contributed by atoms with E-state index >= 15 is 0 Å². The van der Waals surface area contributed by atoms with Crippen molar-refractivity contribution in [2.45, 2.75) is 19.3 Å². The first kappa shape index (κ1) is 9.59. The zero-order valence-electron chi connectivity index (χ0n) is 7.28. The van der Waals surface area contributed by atoms with Crippen LogP contribution in [0.5, 0.6) is 0 Å². The maximum absolute atomic E-state index is 11.3. The van der Waals surface area contributed by atoms with Crippen molar-refractivity contribution in [2.75, 3.05) is 13.2 Å². The Morgan fingerprint density at radius 2 is 2.46 bits per heavy atom. The average Bonchev–Trinajstić information content (AvgIpc) is 2.52. The molecule has 0 aliphatic carbocycles. The van der Waals surface area contributed by atoms with Crippen LogP contribution in [0.3, 0.4) is 0 Å². The van der Waals surface area contributed by atoms with Gasteiger partial charge in [0.05, 0.1) is 6.54 Å². The van der Waals surface area contributed by atoms with Gasteiger partial charge in [0.15, 0.2) is 0 Å². The van der Waals surface area contributed by atoms with Crippen molar-refractivity contribution in [3.63, 3.8) is 0 Å². The van der Waals surface area contributed by atoms with Gasteiger partial charge in [-0.1, -0.05) is 0 Å². The number of rotatable bonds is 3. The van der Waals surface area contributed by atoms with Crippen LogP contribution in [0.15, 0.2) is 0 Å². The number of unbranched alkanes of at least 4 members (excludes halogenated alkanes) is 1. The Labute approximate surface area is 76.8 Å². The number of hydrogen-bond donors (Lipinski definition) is 0. The van der Waals surface area contributed by atoms with Crippen LogP contribution in [0.4, 0.5) is 4.79 Å². The van der Waals surface area contributed by atoms with Crippen molar-refractivity contribution in [1.29, 1.82) is 0 Å². The number of ether oxygens (including phenoxy) is 1. The summed E-state index contributed by atoms with van der Waals surface area (Å²) >= 11 is 0. The maximum Gasteiger partial charge on any atom is 0.416 e. The van der Waals surface area contributed by atoms with Crippen molar-refractivity contribution in [3.05, 3.63) is 0 Å². The van der Waals surface area contributed by atoms with Gasteiger partial charge in [0, 0.05) is 12.8 Å². The minimum absolute atomic E-state index is 0.197. The number of carbonyl (C=O) groups excluding carboxylic acids is 2. The molecule has 0 aromatic rings. The highest BCUT2D eigenvalue weighted by molar-refractivity contribution is 5.92. The number of carbonyl (C=O) groups is 2. The largest absolute Gasteiger partial charge is 0.447 e. The van der Waals surface area contributed by atoms with Crippen LogP contribution < -0.4 is 0 Å². The van der Waals surface area contributed by atoms with Gasteiger partial charge in [-0.15, -0.1) is 12.3 Å². The number of hydrogen-bond acceptors (Lipinski definition) is 3.